The van der Waals surface area contributed by atoms with Gasteiger partial charge in [0, 0.05) is 18.6 Å². The van der Waals surface area contributed by atoms with Crippen LogP contribution in [-0.4, -0.2) is 49.1 Å². The minimum absolute atomic E-state index is 0.178. The minimum Gasteiger partial charge on any atom is -0.353 e. The van der Waals surface area contributed by atoms with Gasteiger partial charge in [-0.25, -0.2) is 0 Å². The molecule has 0 spiro atoms. The molecule has 0 aliphatic carbocycles. The Labute approximate surface area is 118 Å². The summed E-state index contributed by atoms with van der Waals surface area (Å²) in [6, 6.07) is 0.839. The van der Waals surface area contributed by atoms with Gasteiger partial charge in [0.2, 0.25) is 5.91 Å². The van der Waals surface area contributed by atoms with E-state index in [-0.39, 0.29) is 5.91 Å². The number of hydrogen-bond acceptors (Lipinski definition) is 3. The zero-order valence-corrected chi connectivity index (χ0v) is 12.9. The summed E-state index contributed by atoms with van der Waals surface area (Å²) < 4.78 is 0. The van der Waals surface area contributed by atoms with E-state index in [0.29, 0.717) is 18.6 Å². The van der Waals surface area contributed by atoms with Gasteiger partial charge in [-0.1, -0.05) is 33.1 Å². The molecule has 4 heteroatoms. The summed E-state index contributed by atoms with van der Waals surface area (Å²) in [5, 5.41) is 6.49. The summed E-state index contributed by atoms with van der Waals surface area (Å²) in [5.41, 5.74) is 0. The van der Waals surface area contributed by atoms with Crippen molar-refractivity contribution in [3.63, 3.8) is 0 Å². The van der Waals surface area contributed by atoms with E-state index in [1.54, 1.807) is 0 Å². The van der Waals surface area contributed by atoms with Gasteiger partial charge in [-0.15, -0.1) is 0 Å². The van der Waals surface area contributed by atoms with Crippen LogP contribution in [0.2, 0.25) is 0 Å². The van der Waals surface area contributed by atoms with Crippen molar-refractivity contribution in [3.05, 3.63) is 0 Å². The van der Waals surface area contributed by atoms with Crippen LogP contribution < -0.4 is 10.6 Å². The van der Waals surface area contributed by atoms with Crippen molar-refractivity contribution in [1.29, 1.82) is 0 Å². The van der Waals surface area contributed by atoms with Gasteiger partial charge in [-0.05, 0) is 32.9 Å². The molecule has 2 N–H and O–H groups in total. The van der Waals surface area contributed by atoms with Gasteiger partial charge >= 0.3 is 0 Å². The predicted octanol–water partition coefficient (Wildman–Crippen LogP) is 1.76. The Morgan fingerprint density at radius 2 is 2.21 bits per heavy atom. The molecule has 0 bridgehead atoms. The summed E-state index contributed by atoms with van der Waals surface area (Å²) in [4.78, 5) is 14.3. The average molecular weight is 269 g/mol. The zero-order chi connectivity index (χ0) is 14.1. The first-order valence-corrected chi connectivity index (χ1v) is 7.91. The number of likely N-dealkylation sites (N-methyl/N-ethyl adjacent to an activating group) is 1. The fourth-order valence-corrected chi connectivity index (χ4v) is 2.73. The SMILES string of the molecule is CCCCCC(C)NC(=O)CN(CC)C1CCNC1. The Bertz CT molecular complexity index is 252. The highest BCUT2D eigenvalue weighted by molar-refractivity contribution is 5.78. The predicted molar refractivity (Wildman–Crippen MR) is 80.3 cm³/mol. The second-order valence-electron chi connectivity index (χ2n) is 5.67. The van der Waals surface area contributed by atoms with Crippen LogP contribution >= 0.6 is 0 Å². The molecule has 0 aromatic heterocycles. The number of unbranched alkanes of at least 4 members (excludes halogenated alkanes) is 2. The van der Waals surface area contributed by atoms with Crippen LogP contribution in [0.5, 0.6) is 0 Å². The zero-order valence-electron chi connectivity index (χ0n) is 12.9. The molecule has 0 aromatic carbocycles. The lowest BCUT2D eigenvalue weighted by Gasteiger charge is -2.26. The van der Waals surface area contributed by atoms with Gasteiger partial charge in [0.15, 0.2) is 0 Å². The Balaban J connectivity index is 2.24. The molecule has 1 amide bonds. The molecule has 2 unspecified atom stereocenters. The van der Waals surface area contributed by atoms with E-state index in [4.69, 9.17) is 0 Å². The Hall–Kier alpha value is -0.610. The fraction of sp³-hybridized carbons (Fsp3) is 0.933. The van der Waals surface area contributed by atoms with Gasteiger partial charge in [0.1, 0.15) is 0 Å². The molecule has 1 fully saturated rings. The number of hydrogen-bond donors (Lipinski definition) is 2. The van der Waals surface area contributed by atoms with E-state index >= 15 is 0 Å². The van der Waals surface area contributed by atoms with Crippen LogP contribution in [0, 0.1) is 0 Å². The number of amides is 1. The van der Waals surface area contributed by atoms with E-state index in [1.165, 1.54) is 19.3 Å². The lowest BCUT2D eigenvalue weighted by Crippen LogP contribution is -2.45. The van der Waals surface area contributed by atoms with E-state index in [9.17, 15) is 4.79 Å². The molecule has 1 saturated heterocycles. The minimum atomic E-state index is 0.178. The van der Waals surface area contributed by atoms with Crippen LogP contribution in [-0.2, 0) is 4.79 Å². The maximum Gasteiger partial charge on any atom is 0.234 e. The summed E-state index contributed by atoms with van der Waals surface area (Å²) >= 11 is 0. The first kappa shape index (κ1) is 16.4. The number of carbonyl (C=O) groups excluding carboxylic acids is 1. The first-order valence-electron chi connectivity index (χ1n) is 7.91. The van der Waals surface area contributed by atoms with Crippen LogP contribution in [0.15, 0.2) is 0 Å². The topological polar surface area (TPSA) is 44.4 Å². The van der Waals surface area contributed by atoms with E-state index in [0.717, 1.165) is 32.5 Å². The smallest absolute Gasteiger partial charge is 0.234 e. The molecule has 2 atom stereocenters. The molecule has 0 aromatic rings. The highest BCUT2D eigenvalue weighted by Gasteiger charge is 2.23. The molecule has 19 heavy (non-hydrogen) atoms. The monoisotopic (exact) mass is 269 g/mol. The van der Waals surface area contributed by atoms with Gasteiger partial charge in [-0.3, -0.25) is 9.69 Å². The summed E-state index contributed by atoms with van der Waals surface area (Å²) in [7, 11) is 0. The van der Waals surface area contributed by atoms with Crippen LogP contribution in [0.4, 0.5) is 0 Å². The maximum atomic E-state index is 12.0. The summed E-state index contributed by atoms with van der Waals surface area (Å²) in [5.74, 6) is 0.178. The standard InChI is InChI=1S/C15H31N3O/c1-4-6-7-8-13(3)17-15(19)12-18(5-2)14-9-10-16-11-14/h13-14,16H,4-12H2,1-3H3,(H,17,19). The van der Waals surface area contributed by atoms with Gasteiger partial charge in [0.25, 0.3) is 0 Å². The summed E-state index contributed by atoms with van der Waals surface area (Å²) in [6.45, 7) is 10.0. The highest BCUT2D eigenvalue weighted by atomic mass is 16.2. The van der Waals surface area contributed by atoms with Crippen molar-refractivity contribution in [2.45, 2.75) is 65.0 Å². The van der Waals surface area contributed by atoms with Gasteiger partial charge < -0.3 is 10.6 Å². The molecule has 0 saturated carbocycles. The number of rotatable bonds is 9. The largest absolute Gasteiger partial charge is 0.353 e. The molecule has 1 aliphatic heterocycles. The van der Waals surface area contributed by atoms with Crippen molar-refractivity contribution in [1.82, 2.24) is 15.5 Å². The van der Waals surface area contributed by atoms with Crippen molar-refractivity contribution in [2.24, 2.45) is 0 Å². The molecule has 1 rings (SSSR count). The molecule has 1 aliphatic rings. The molecular formula is C15H31N3O. The van der Waals surface area contributed by atoms with Crippen molar-refractivity contribution in [3.8, 4) is 0 Å². The van der Waals surface area contributed by atoms with E-state index in [2.05, 4.69) is 36.3 Å². The highest BCUT2D eigenvalue weighted by Crippen LogP contribution is 2.08. The quantitative estimate of drug-likeness (QED) is 0.627. The second kappa shape index (κ2) is 9.32. The van der Waals surface area contributed by atoms with Crippen molar-refractivity contribution < 1.29 is 4.79 Å². The first-order chi connectivity index (χ1) is 9.17. The van der Waals surface area contributed by atoms with Gasteiger partial charge in [0.05, 0.1) is 6.54 Å². The van der Waals surface area contributed by atoms with Crippen LogP contribution in [0.3, 0.4) is 0 Å². The van der Waals surface area contributed by atoms with E-state index < -0.39 is 0 Å². The number of carbonyl (C=O) groups is 1. The third-order valence-electron chi connectivity index (χ3n) is 3.95. The lowest BCUT2D eigenvalue weighted by atomic mass is 10.1. The fourth-order valence-electron chi connectivity index (χ4n) is 2.73. The average Bonchev–Trinajstić information content (AvgIpc) is 2.90. The third-order valence-corrected chi connectivity index (χ3v) is 3.95. The third kappa shape index (κ3) is 6.39. The molecule has 0 radical (unpaired) electrons. The molecule has 4 nitrogen and oxygen atoms in total. The second-order valence-corrected chi connectivity index (χ2v) is 5.67. The lowest BCUT2D eigenvalue weighted by molar-refractivity contribution is -0.123. The normalized spacial score (nSPS) is 20.7. The number of nitrogens with zero attached hydrogens (tertiary/aromatic N) is 1. The van der Waals surface area contributed by atoms with Crippen LogP contribution in [0.1, 0.15) is 52.9 Å². The Morgan fingerprint density at radius 3 is 2.79 bits per heavy atom. The van der Waals surface area contributed by atoms with Crippen molar-refractivity contribution >= 4 is 5.91 Å². The summed E-state index contributed by atoms with van der Waals surface area (Å²) in [6.07, 6.45) is 5.96. The van der Waals surface area contributed by atoms with Crippen molar-refractivity contribution in [2.75, 3.05) is 26.2 Å². The molecular weight excluding hydrogens is 238 g/mol. The Morgan fingerprint density at radius 1 is 1.42 bits per heavy atom. The Kier molecular flexibility index (Phi) is 8.07. The maximum absolute atomic E-state index is 12.0. The molecule has 1 heterocycles. The van der Waals surface area contributed by atoms with Crippen LogP contribution in [0.25, 0.3) is 0 Å². The van der Waals surface area contributed by atoms with Gasteiger partial charge in [-0.2, -0.15) is 0 Å². The van der Waals surface area contributed by atoms with E-state index in [1.807, 2.05) is 0 Å². The number of nitrogens with one attached hydrogen (secondary N) is 2. The molecule has 112 valence electrons.